The number of H-pyrrole nitrogens is 4. The highest BCUT2D eigenvalue weighted by Crippen LogP contribution is 2.54. The lowest BCUT2D eigenvalue weighted by molar-refractivity contribution is -0.114. The van der Waals surface area contributed by atoms with E-state index < -0.39 is 38.0 Å². The third kappa shape index (κ3) is 21.7. The summed E-state index contributed by atoms with van der Waals surface area (Å²) in [6.45, 7) is 14.4. The van der Waals surface area contributed by atoms with E-state index in [2.05, 4.69) is 29.0 Å². The molecule has 2 atom stereocenters. The number of nitrogens with one attached hydrogen (secondary N) is 4. The number of carbonyl (C=O) groups is 4. The van der Waals surface area contributed by atoms with Gasteiger partial charge >= 0.3 is 31.3 Å². The molecule has 0 aliphatic carbocycles. The van der Waals surface area contributed by atoms with E-state index >= 15 is 0 Å². The standard InChI is InChI=1S/C30H29N2O5P.C24H25N2O5P.C17H19N2O5P.C16H17N2O5P/c1-22-17-23(2)31-28(22)18-27-26-15-9-10-16-29(26)32(30(27)33)21-37-38(34,35-19-24-11-5-3-6-12-24)36-20-25-13-7-4-8-14-25;1-17-13-18(2)25-22(17)14-21-20-11-7-8-12-23(20)26(24(21)27)16-31-32(28,29-3)30-15-19-9-5-4-6-10-19;1-11-8-12(2)18-15(11)9-14-13-6-4-5-7-16(13)19(17(14)20)10-24-25(21,22)23-3;1-10-7-11(2)17-14(10)8-13-12-5-3-4-6-15(12)18(16(13)19)9-23-24(20,21)22/h3-18,31H,19-21H2,1-2H3;4-14,25H,15-16H2,1-3H3;4-9,18H,10H2,1-3H3,(H,21,22);3-8,17H,9H2,1-2H3,(H2,20,21,22)/b27-18-;21-14-;14-9-;13-8-. The number of phosphoric ester groups is 4. The number of nitrogens with zero attached hydrogens (tertiary/aromatic N) is 4. The summed E-state index contributed by atoms with van der Waals surface area (Å²) in [5.41, 5.74) is 21.6. The van der Waals surface area contributed by atoms with E-state index in [1.807, 2.05) is 243 Å². The Balaban J connectivity index is 0.000000148. The van der Waals surface area contributed by atoms with Crippen molar-refractivity contribution in [3.05, 3.63) is 319 Å². The predicted molar refractivity (Wildman–Crippen MR) is 457 cm³/mol. The maximum absolute atomic E-state index is 13.7. The number of para-hydroxylation sites is 4. The molecule has 7 aromatic carbocycles. The molecule has 32 heteroatoms. The van der Waals surface area contributed by atoms with Gasteiger partial charge in [-0.1, -0.05) is 164 Å². The number of aromatic nitrogens is 4. The molecule has 0 bridgehead atoms. The Bertz CT molecular complexity index is 5840. The first-order valence-corrected chi connectivity index (χ1v) is 43.3. The van der Waals surface area contributed by atoms with Crippen LogP contribution < -0.4 is 19.6 Å². The minimum absolute atomic E-state index is 0.0358. The topological polar surface area (TPSA) is 356 Å². The number of fused-ring (bicyclic) bond motifs is 4. The summed E-state index contributed by atoms with van der Waals surface area (Å²) < 4.78 is 96.1. The van der Waals surface area contributed by atoms with Gasteiger partial charge in [0.2, 0.25) is 0 Å². The third-order valence-electron chi connectivity index (χ3n) is 19.3. The Morgan fingerprint density at radius 2 is 0.555 bits per heavy atom. The second kappa shape index (κ2) is 38.3. The largest absolute Gasteiger partial charge is 0.477 e. The Kier molecular flexibility index (Phi) is 28.1. The summed E-state index contributed by atoms with van der Waals surface area (Å²) in [5, 5.41) is 0. The van der Waals surface area contributed by atoms with Crippen LogP contribution in [-0.4, -0.2) is 99.4 Å². The van der Waals surface area contributed by atoms with Gasteiger partial charge in [0.05, 0.1) is 64.9 Å². The average molecular weight is 1690 g/mol. The van der Waals surface area contributed by atoms with Crippen molar-refractivity contribution in [3.63, 3.8) is 0 Å². The fourth-order valence-corrected chi connectivity index (χ4v) is 16.1. The summed E-state index contributed by atoms with van der Waals surface area (Å²) in [7, 11) is -14.4. The summed E-state index contributed by atoms with van der Waals surface area (Å²) in [6, 6.07) is 65.2. The van der Waals surface area contributed by atoms with Crippen LogP contribution in [0.3, 0.4) is 0 Å². The summed E-state index contributed by atoms with van der Waals surface area (Å²) in [4.78, 5) is 97.9. The van der Waals surface area contributed by atoms with Crippen LogP contribution in [0.2, 0.25) is 0 Å². The second-order valence-corrected chi connectivity index (χ2v) is 34.2. The van der Waals surface area contributed by atoms with Crippen molar-refractivity contribution in [1.82, 2.24) is 19.9 Å². The highest BCUT2D eigenvalue weighted by atomic mass is 31.2. The van der Waals surface area contributed by atoms with Gasteiger partial charge in [-0.25, -0.2) is 18.3 Å². The number of hydrogen-bond acceptors (Lipinski definition) is 17. The molecule has 119 heavy (non-hydrogen) atoms. The van der Waals surface area contributed by atoms with Gasteiger partial charge in [-0.15, -0.1) is 0 Å². The molecule has 8 heterocycles. The van der Waals surface area contributed by atoms with Crippen molar-refractivity contribution < 1.29 is 92.8 Å². The molecule has 4 amide bonds. The van der Waals surface area contributed by atoms with Crippen LogP contribution >= 0.6 is 31.3 Å². The monoisotopic (exact) mass is 1690 g/mol. The first-order chi connectivity index (χ1) is 56.9. The first kappa shape index (κ1) is 87.3. The number of aromatic amines is 4. The zero-order valence-electron chi connectivity index (χ0n) is 66.8. The fourth-order valence-electron chi connectivity index (χ4n) is 13.5. The van der Waals surface area contributed by atoms with E-state index in [1.165, 1.54) is 26.7 Å². The van der Waals surface area contributed by atoms with Crippen LogP contribution in [0.1, 0.15) is 107 Å². The Labute approximate surface area is 688 Å². The maximum Gasteiger partial charge on any atom is 0.477 e. The normalized spacial score (nSPS) is 16.0. The van der Waals surface area contributed by atoms with E-state index in [4.69, 9.17) is 41.5 Å². The zero-order valence-corrected chi connectivity index (χ0v) is 70.4. The van der Waals surface area contributed by atoms with Gasteiger partial charge in [0.1, 0.15) is 26.9 Å². The number of hydrogen-bond donors (Lipinski definition) is 7. The molecule has 0 radical (unpaired) electrons. The van der Waals surface area contributed by atoms with Crippen molar-refractivity contribution in [3.8, 4) is 0 Å². The van der Waals surface area contributed by atoms with Gasteiger partial charge in [-0.3, -0.25) is 79.5 Å². The van der Waals surface area contributed by atoms with Crippen molar-refractivity contribution >= 4 is 124 Å². The van der Waals surface area contributed by atoms with Crippen LogP contribution in [0, 0.1) is 55.4 Å². The number of benzene rings is 7. The van der Waals surface area contributed by atoms with Crippen molar-refractivity contribution in [2.45, 2.75) is 75.2 Å². The summed E-state index contributed by atoms with van der Waals surface area (Å²) in [5.74, 6) is -1.17. The molecule has 4 aliphatic heterocycles. The number of anilines is 4. The molecule has 11 aromatic rings. The SMILES string of the molecule is COP(=O)(O)OCN1C(=O)/C(=C\c2[nH]c(C)cc2C)c2ccccc21.COP(=O)(OCc1ccccc1)OCN1C(=O)/C(=C\c2[nH]c(C)cc2C)c2ccccc21.Cc1cc(C)c(/C=C2\C(=O)N(COP(=O)(O)O)c3ccccc32)[nH]1.Cc1cc(C)c(/C=C2\C(=O)N(COP(=O)(OCc3ccccc3)OCc3ccccc3)c3ccccc32)[nH]1. The van der Waals surface area contributed by atoms with Gasteiger partial charge in [-0.2, -0.15) is 0 Å². The number of amides is 4. The molecule has 15 rings (SSSR count). The maximum atomic E-state index is 13.7. The van der Waals surface area contributed by atoms with E-state index in [-0.39, 0.29) is 63.6 Å². The molecule has 0 fully saturated rings. The molecule has 28 nitrogen and oxygen atoms in total. The summed E-state index contributed by atoms with van der Waals surface area (Å²) in [6.07, 6.45) is 7.23. The minimum Gasteiger partial charge on any atom is -0.359 e. The van der Waals surface area contributed by atoms with Crippen molar-refractivity contribution in [1.29, 1.82) is 0 Å². The van der Waals surface area contributed by atoms with Crippen LogP contribution in [0.25, 0.3) is 46.6 Å². The minimum atomic E-state index is -4.67. The fraction of sp³-hybridized carbons (Fsp3) is 0.195. The van der Waals surface area contributed by atoms with Crippen LogP contribution in [0.4, 0.5) is 22.7 Å². The molecule has 2 unspecified atom stereocenters. The van der Waals surface area contributed by atoms with Gasteiger partial charge in [0.15, 0.2) is 0 Å². The number of aryl methyl sites for hydroxylation is 8. The predicted octanol–water partition coefficient (Wildman–Crippen LogP) is 18.3. The van der Waals surface area contributed by atoms with E-state index in [1.54, 1.807) is 48.6 Å². The highest BCUT2D eigenvalue weighted by Gasteiger charge is 2.40. The van der Waals surface area contributed by atoms with E-state index in [9.17, 15) is 42.3 Å². The number of rotatable bonds is 27. The van der Waals surface area contributed by atoms with Gasteiger partial charge in [0.25, 0.3) is 23.6 Å². The van der Waals surface area contributed by atoms with Gasteiger partial charge < -0.3 is 34.6 Å². The smallest absolute Gasteiger partial charge is 0.359 e. The number of carbonyl (C=O) groups excluding carboxylic acids is 4. The van der Waals surface area contributed by atoms with Crippen molar-refractivity contribution in [2.75, 3.05) is 60.7 Å². The zero-order chi connectivity index (χ0) is 84.9. The second-order valence-electron chi connectivity index (χ2n) is 28.0. The molecule has 4 aliphatic rings. The van der Waals surface area contributed by atoms with E-state index in [0.717, 1.165) is 108 Å². The molecular weight excluding hydrogens is 1600 g/mol. The quantitative estimate of drug-likeness (QED) is 0.0186. The molecule has 7 N–H and O–H groups in total. The van der Waals surface area contributed by atoms with Crippen LogP contribution in [0.15, 0.2) is 212 Å². The molecule has 0 saturated heterocycles. The van der Waals surface area contributed by atoms with Gasteiger partial charge in [-0.05, 0) is 167 Å². The first-order valence-electron chi connectivity index (χ1n) is 37.4. The third-order valence-corrected chi connectivity index (χ3v) is 23.3. The van der Waals surface area contributed by atoms with Crippen LogP contribution in [0.5, 0.6) is 0 Å². The Morgan fingerprint density at radius 3 is 0.807 bits per heavy atom. The van der Waals surface area contributed by atoms with Crippen molar-refractivity contribution in [2.24, 2.45) is 0 Å². The highest BCUT2D eigenvalue weighted by molar-refractivity contribution is 7.48. The molecule has 618 valence electrons. The number of phosphoric acid groups is 4. The molecule has 0 spiro atoms. The molecule has 4 aromatic heterocycles. The summed E-state index contributed by atoms with van der Waals surface area (Å²) >= 11 is 0. The lowest BCUT2D eigenvalue weighted by Gasteiger charge is -2.22. The van der Waals surface area contributed by atoms with E-state index in [0.29, 0.717) is 50.6 Å². The Morgan fingerprint density at radius 1 is 0.311 bits per heavy atom. The Hall–Kier alpha value is -11.1. The molecular formula is C87H90N8O20P4. The lowest BCUT2D eigenvalue weighted by atomic mass is 10.1. The molecule has 0 saturated carbocycles. The van der Waals surface area contributed by atoms with Gasteiger partial charge in [0, 0.05) is 82.0 Å². The average Bonchev–Trinajstić information content (AvgIpc) is 1.64. The lowest BCUT2D eigenvalue weighted by Crippen LogP contribution is -2.28. The van der Waals surface area contributed by atoms with Crippen LogP contribution in [-0.2, 0) is 98.0 Å².